The molecule has 0 radical (unpaired) electrons. The molecule has 10 nitrogen and oxygen atoms in total. The number of ether oxygens (including phenoxy) is 2. The molecule has 0 atom stereocenters. The van der Waals surface area contributed by atoms with Crippen LogP contribution >= 0.6 is 0 Å². The molecule has 2 aromatic heterocycles. The molecule has 0 unspecified atom stereocenters. The van der Waals surface area contributed by atoms with Crippen molar-refractivity contribution >= 4 is 32.7 Å². The molecular weight excluding hydrogens is 458 g/mol. The van der Waals surface area contributed by atoms with Gasteiger partial charge in [0.05, 0.1) is 22.5 Å². The zero-order valence-corrected chi connectivity index (χ0v) is 20.8. The molecule has 34 heavy (non-hydrogen) atoms. The van der Waals surface area contributed by atoms with Crippen molar-refractivity contribution in [2.75, 3.05) is 38.7 Å². The van der Waals surface area contributed by atoms with E-state index in [1.807, 2.05) is 25.5 Å². The van der Waals surface area contributed by atoms with E-state index < -0.39 is 10.0 Å². The number of anilines is 1. The van der Waals surface area contributed by atoms with Crippen LogP contribution in [0.3, 0.4) is 0 Å². The molecule has 0 bridgehead atoms. The molecule has 1 amide bonds. The van der Waals surface area contributed by atoms with Crippen LogP contribution in [0.4, 0.5) is 5.69 Å². The van der Waals surface area contributed by atoms with Gasteiger partial charge in [-0.25, -0.2) is 18.4 Å². The van der Waals surface area contributed by atoms with Crippen LogP contribution in [0, 0.1) is 0 Å². The maximum atomic E-state index is 12.8. The molecule has 1 aromatic carbocycles. The quantitative estimate of drug-likeness (QED) is 0.389. The minimum Gasteiger partial charge on any atom is -0.474 e. The van der Waals surface area contributed by atoms with E-state index in [4.69, 9.17) is 9.47 Å². The summed E-state index contributed by atoms with van der Waals surface area (Å²) in [6.45, 7) is 5.15. The fraction of sp³-hybridized carbons (Fsp3) is 0.435. The lowest BCUT2D eigenvalue weighted by Gasteiger charge is -2.18. The Morgan fingerprint density at radius 3 is 2.65 bits per heavy atom. The number of carbonyl (C=O) groups is 1. The first-order chi connectivity index (χ1) is 16.3. The Morgan fingerprint density at radius 1 is 1.18 bits per heavy atom. The van der Waals surface area contributed by atoms with Gasteiger partial charge in [0.25, 0.3) is 0 Å². The van der Waals surface area contributed by atoms with Gasteiger partial charge < -0.3 is 19.4 Å². The van der Waals surface area contributed by atoms with Crippen molar-refractivity contribution in [2.45, 2.75) is 31.6 Å². The Kier molecular flexibility index (Phi) is 8.59. The van der Waals surface area contributed by atoms with Crippen molar-refractivity contribution in [3.8, 4) is 5.88 Å². The van der Waals surface area contributed by atoms with Crippen LogP contribution in [0.25, 0.3) is 11.0 Å². The molecule has 11 heteroatoms. The van der Waals surface area contributed by atoms with E-state index in [9.17, 15) is 13.2 Å². The number of amides is 1. The van der Waals surface area contributed by atoms with Crippen molar-refractivity contribution in [1.29, 1.82) is 0 Å². The van der Waals surface area contributed by atoms with Crippen molar-refractivity contribution < 1.29 is 22.7 Å². The van der Waals surface area contributed by atoms with Gasteiger partial charge in [-0.2, -0.15) is 4.31 Å². The smallest absolute Gasteiger partial charge is 0.243 e. The monoisotopic (exact) mass is 489 g/mol. The van der Waals surface area contributed by atoms with Gasteiger partial charge in [-0.05, 0) is 30.3 Å². The predicted molar refractivity (Wildman–Crippen MR) is 129 cm³/mol. The largest absolute Gasteiger partial charge is 0.474 e. The fourth-order valence-electron chi connectivity index (χ4n) is 3.59. The number of fused-ring (bicyclic) bond motifs is 1. The van der Waals surface area contributed by atoms with Gasteiger partial charge in [0, 0.05) is 46.3 Å². The average molecular weight is 490 g/mol. The molecule has 0 fully saturated rings. The van der Waals surface area contributed by atoms with E-state index in [-0.39, 0.29) is 17.2 Å². The Balaban J connectivity index is 1.71. The van der Waals surface area contributed by atoms with Crippen molar-refractivity contribution in [2.24, 2.45) is 7.05 Å². The van der Waals surface area contributed by atoms with Gasteiger partial charge in [-0.1, -0.05) is 13.8 Å². The van der Waals surface area contributed by atoms with Crippen molar-refractivity contribution in [3.05, 3.63) is 42.4 Å². The molecule has 0 saturated heterocycles. The lowest BCUT2D eigenvalue weighted by Crippen LogP contribution is -2.30. The molecule has 184 valence electrons. The third-order valence-corrected chi connectivity index (χ3v) is 7.48. The maximum absolute atomic E-state index is 12.8. The summed E-state index contributed by atoms with van der Waals surface area (Å²) in [6.07, 6.45) is 2.16. The average Bonchev–Trinajstić information content (AvgIpc) is 3.14. The first-order valence-electron chi connectivity index (χ1n) is 11.1. The van der Waals surface area contributed by atoms with Crippen LogP contribution in [0.5, 0.6) is 5.88 Å². The number of nitrogens with one attached hydrogen (secondary N) is 1. The molecule has 3 rings (SSSR count). The summed E-state index contributed by atoms with van der Waals surface area (Å²) in [5, 5.41) is 2.83. The number of carbonyl (C=O) groups excluding carboxylic acids is 1. The number of rotatable bonds is 12. The van der Waals surface area contributed by atoms with Gasteiger partial charge >= 0.3 is 0 Å². The van der Waals surface area contributed by atoms with Gasteiger partial charge in [0.15, 0.2) is 0 Å². The van der Waals surface area contributed by atoms with E-state index in [1.54, 1.807) is 43.6 Å². The minimum atomic E-state index is -3.57. The number of aryl methyl sites for hydroxylation is 2. The third-order valence-electron chi connectivity index (χ3n) is 5.44. The van der Waals surface area contributed by atoms with E-state index in [0.29, 0.717) is 55.6 Å². The van der Waals surface area contributed by atoms with E-state index in [0.717, 1.165) is 5.52 Å². The zero-order valence-electron chi connectivity index (χ0n) is 19.9. The van der Waals surface area contributed by atoms with Crippen LogP contribution in [-0.4, -0.2) is 66.6 Å². The highest BCUT2D eigenvalue weighted by Gasteiger charge is 2.23. The molecular formula is C23H31N5O5S. The number of imidazole rings is 1. The highest BCUT2D eigenvalue weighted by Crippen LogP contribution is 2.24. The van der Waals surface area contributed by atoms with Crippen LogP contribution in [0.15, 0.2) is 41.4 Å². The highest BCUT2D eigenvalue weighted by atomic mass is 32.2. The number of methoxy groups -OCH3 is 1. The fourth-order valence-corrected chi connectivity index (χ4v) is 5.07. The minimum absolute atomic E-state index is 0.189. The Morgan fingerprint density at radius 2 is 1.94 bits per heavy atom. The number of hydrogen-bond donors (Lipinski definition) is 1. The first-order valence-corrected chi connectivity index (χ1v) is 12.6. The second kappa shape index (κ2) is 11.4. The zero-order chi connectivity index (χ0) is 24.7. The Labute approximate surface area is 200 Å². The summed E-state index contributed by atoms with van der Waals surface area (Å²) >= 11 is 0. The molecule has 0 saturated carbocycles. The Bertz CT molecular complexity index is 1240. The van der Waals surface area contributed by atoms with Crippen LogP contribution in [0.2, 0.25) is 0 Å². The first kappa shape index (κ1) is 25.6. The molecule has 0 aliphatic carbocycles. The second-order valence-corrected chi connectivity index (χ2v) is 9.51. The summed E-state index contributed by atoms with van der Waals surface area (Å²) < 4.78 is 39.5. The third kappa shape index (κ3) is 5.72. The molecule has 0 aliphatic heterocycles. The predicted octanol–water partition coefficient (Wildman–Crippen LogP) is 2.60. The van der Waals surface area contributed by atoms with E-state index in [2.05, 4.69) is 15.3 Å². The van der Waals surface area contributed by atoms with Crippen molar-refractivity contribution in [1.82, 2.24) is 18.8 Å². The summed E-state index contributed by atoms with van der Waals surface area (Å²) in [4.78, 5) is 21.5. The van der Waals surface area contributed by atoms with Gasteiger partial charge in [0.1, 0.15) is 18.1 Å². The number of sulfonamides is 1. The topological polar surface area (TPSA) is 116 Å². The molecule has 0 aliphatic rings. The lowest BCUT2D eigenvalue weighted by molar-refractivity contribution is -0.116. The molecule has 2 heterocycles. The number of nitrogens with zero attached hydrogens (tertiary/aromatic N) is 4. The summed E-state index contributed by atoms with van der Waals surface area (Å²) in [5.41, 5.74) is 1.86. The standard InChI is InChI=1S/C23H31N5O5S/c1-5-28(6-2)34(30,31)17-9-10-20-19(16-17)25-21(27(20)3)11-12-22(29)26-18-8-7-13-24-23(18)33-15-14-32-4/h7-10,13,16H,5-6,11-12,14-15H2,1-4H3,(H,26,29). The number of aromatic nitrogens is 3. The molecule has 1 N–H and O–H groups in total. The maximum Gasteiger partial charge on any atom is 0.243 e. The van der Waals surface area contributed by atoms with Crippen LogP contribution < -0.4 is 10.1 Å². The van der Waals surface area contributed by atoms with E-state index >= 15 is 0 Å². The lowest BCUT2D eigenvalue weighted by atomic mass is 10.2. The molecule has 0 spiro atoms. The van der Waals surface area contributed by atoms with E-state index in [1.165, 1.54) is 4.31 Å². The van der Waals surface area contributed by atoms with Crippen LogP contribution in [0.1, 0.15) is 26.1 Å². The second-order valence-electron chi connectivity index (χ2n) is 7.57. The summed E-state index contributed by atoms with van der Waals surface area (Å²) in [7, 11) is -0.144. The molecule has 3 aromatic rings. The van der Waals surface area contributed by atoms with Crippen LogP contribution in [-0.2, 0) is 33.0 Å². The van der Waals surface area contributed by atoms with Crippen molar-refractivity contribution in [3.63, 3.8) is 0 Å². The Hall–Kier alpha value is -3.02. The normalized spacial score (nSPS) is 11.8. The summed E-state index contributed by atoms with van der Waals surface area (Å²) in [5.74, 6) is 0.810. The number of hydrogen-bond acceptors (Lipinski definition) is 7. The van der Waals surface area contributed by atoms with Gasteiger partial charge in [0.2, 0.25) is 21.8 Å². The highest BCUT2D eigenvalue weighted by molar-refractivity contribution is 7.89. The SMILES string of the molecule is CCN(CC)S(=O)(=O)c1ccc2c(c1)nc(CCC(=O)Nc1cccnc1OCCOC)n2C. The van der Waals surface area contributed by atoms with Gasteiger partial charge in [-0.15, -0.1) is 0 Å². The number of benzene rings is 1. The number of pyridine rings is 1. The van der Waals surface area contributed by atoms with Gasteiger partial charge in [-0.3, -0.25) is 4.79 Å². The summed E-state index contributed by atoms with van der Waals surface area (Å²) in [6, 6.07) is 8.38.